The molecule has 186 valence electrons. The number of alkyl halides is 3. The molecule has 0 unspecified atom stereocenters. The topological polar surface area (TPSA) is 80.8 Å². The fraction of sp³-hybridized carbons (Fsp3) is 0.696. The number of rotatable bonds is 5. The third-order valence-electron chi connectivity index (χ3n) is 5.01. The fourth-order valence-electron chi connectivity index (χ4n) is 3.47. The zero-order valence-electron chi connectivity index (χ0n) is 20.1. The lowest BCUT2D eigenvalue weighted by Crippen LogP contribution is -2.44. The van der Waals surface area contributed by atoms with Crippen LogP contribution < -0.4 is 5.43 Å². The van der Waals surface area contributed by atoms with Crippen molar-refractivity contribution in [3.8, 4) is 0 Å². The molecule has 1 amide bonds. The molecule has 10 heteroatoms. The summed E-state index contributed by atoms with van der Waals surface area (Å²) in [4.78, 5) is 29.1. The number of anilines is 1. The van der Waals surface area contributed by atoms with E-state index in [1.54, 1.807) is 41.5 Å². The second kappa shape index (κ2) is 10.2. The van der Waals surface area contributed by atoms with Crippen LogP contribution in [-0.2, 0) is 9.47 Å². The maximum absolute atomic E-state index is 13.0. The molecule has 0 saturated heterocycles. The molecule has 1 aromatic heterocycles. The third-order valence-corrected chi connectivity index (χ3v) is 5.01. The van der Waals surface area contributed by atoms with Gasteiger partial charge in [0.15, 0.2) is 0 Å². The van der Waals surface area contributed by atoms with Gasteiger partial charge in [-0.15, -0.1) is 0 Å². The Morgan fingerprint density at radius 3 is 2.03 bits per heavy atom. The van der Waals surface area contributed by atoms with Gasteiger partial charge < -0.3 is 9.47 Å². The average molecular weight is 474 g/mol. The molecule has 0 aromatic carbocycles. The van der Waals surface area contributed by atoms with Gasteiger partial charge in [-0.05, 0) is 85.3 Å². The lowest BCUT2D eigenvalue weighted by atomic mass is 9.81. The number of nitrogens with one attached hydrogen (secondary N) is 1. The standard InChI is InChI=1S/C23H34F3N3O4/c1-21(2,3)32-19(30)16-9-12-18(27-13-16)28-29(20(31)33-22(4,5)6)14-15-7-10-17(11-8-15)23(24,25)26/h9,12-13,15,17H,7-8,10-11,14H2,1-6H3,(H,27,28)/t15-,17-. The second-order valence-electron chi connectivity index (χ2n) is 10.4. The molecule has 1 aliphatic carbocycles. The summed E-state index contributed by atoms with van der Waals surface area (Å²) < 4.78 is 49.7. The molecule has 7 nitrogen and oxygen atoms in total. The first-order chi connectivity index (χ1) is 15.0. The highest BCUT2D eigenvalue weighted by Crippen LogP contribution is 2.39. The Balaban J connectivity index is 2.08. The van der Waals surface area contributed by atoms with Crippen LogP contribution in [0.4, 0.5) is 23.8 Å². The van der Waals surface area contributed by atoms with Gasteiger partial charge in [0.2, 0.25) is 0 Å². The van der Waals surface area contributed by atoms with Crippen LogP contribution in [0.1, 0.15) is 77.6 Å². The summed E-state index contributed by atoms with van der Waals surface area (Å²) in [6.07, 6.45) is -2.71. The van der Waals surface area contributed by atoms with Crippen molar-refractivity contribution in [1.82, 2.24) is 9.99 Å². The zero-order valence-corrected chi connectivity index (χ0v) is 20.1. The maximum atomic E-state index is 13.0. The Labute approximate surface area is 193 Å². The van der Waals surface area contributed by atoms with Crippen molar-refractivity contribution < 1.29 is 32.2 Å². The van der Waals surface area contributed by atoms with Crippen LogP contribution in [0.15, 0.2) is 18.3 Å². The number of hydrogen-bond acceptors (Lipinski definition) is 6. The number of amides is 1. The van der Waals surface area contributed by atoms with E-state index in [4.69, 9.17) is 9.47 Å². The first-order valence-electron chi connectivity index (χ1n) is 11.1. The Morgan fingerprint density at radius 1 is 1.00 bits per heavy atom. The van der Waals surface area contributed by atoms with Gasteiger partial charge in [-0.1, -0.05) is 0 Å². The number of ether oxygens (including phenoxy) is 2. The van der Waals surface area contributed by atoms with Crippen LogP contribution in [0.25, 0.3) is 0 Å². The van der Waals surface area contributed by atoms with Crippen LogP contribution in [0.5, 0.6) is 0 Å². The molecule has 1 fully saturated rings. The van der Waals surface area contributed by atoms with Crippen LogP contribution in [0.2, 0.25) is 0 Å². The molecule has 1 N–H and O–H groups in total. The summed E-state index contributed by atoms with van der Waals surface area (Å²) in [5.74, 6) is -1.63. The number of hydrazine groups is 1. The normalized spacial score (nSPS) is 19.5. The first kappa shape index (κ1) is 26.7. The summed E-state index contributed by atoms with van der Waals surface area (Å²) in [5, 5.41) is 1.24. The number of carbonyl (C=O) groups is 2. The number of esters is 1. The Morgan fingerprint density at radius 2 is 1.58 bits per heavy atom. The van der Waals surface area contributed by atoms with Crippen molar-refractivity contribution >= 4 is 17.9 Å². The third kappa shape index (κ3) is 9.09. The molecule has 0 aliphatic heterocycles. The van der Waals surface area contributed by atoms with Gasteiger partial charge in [0.25, 0.3) is 0 Å². The molecule has 2 rings (SSSR count). The predicted octanol–water partition coefficient (Wildman–Crippen LogP) is 5.97. The van der Waals surface area contributed by atoms with Crippen LogP contribution in [0, 0.1) is 11.8 Å². The van der Waals surface area contributed by atoms with E-state index in [0.29, 0.717) is 12.8 Å². The quantitative estimate of drug-likeness (QED) is 0.419. The van der Waals surface area contributed by atoms with Crippen molar-refractivity contribution in [2.45, 2.75) is 84.6 Å². The van der Waals surface area contributed by atoms with Gasteiger partial charge in [-0.3, -0.25) is 5.43 Å². The smallest absolute Gasteiger partial charge is 0.429 e. The SMILES string of the molecule is CC(C)(C)OC(=O)c1ccc(NN(C[C@H]2CC[C@H](C(F)(F)F)CC2)C(=O)OC(C)(C)C)nc1. The van der Waals surface area contributed by atoms with Gasteiger partial charge in [0, 0.05) is 12.7 Å². The monoisotopic (exact) mass is 473 g/mol. The minimum atomic E-state index is -4.19. The largest absolute Gasteiger partial charge is 0.456 e. The van der Waals surface area contributed by atoms with E-state index in [9.17, 15) is 22.8 Å². The highest BCUT2D eigenvalue weighted by Gasteiger charge is 2.42. The Kier molecular flexibility index (Phi) is 8.24. The molecule has 33 heavy (non-hydrogen) atoms. The van der Waals surface area contributed by atoms with Crippen molar-refractivity contribution in [3.63, 3.8) is 0 Å². The summed E-state index contributed by atoms with van der Waals surface area (Å²) in [5.41, 5.74) is 1.74. The Bertz CT molecular complexity index is 806. The lowest BCUT2D eigenvalue weighted by molar-refractivity contribution is -0.184. The minimum Gasteiger partial charge on any atom is -0.456 e. The summed E-state index contributed by atoms with van der Waals surface area (Å²) in [6.45, 7) is 10.6. The van der Waals surface area contributed by atoms with Crippen LogP contribution in [-0.4, -0.2) is 46.0 Å². The van der Waals surface area contributed by atoms with Gasteiger partial charge in [0.05, 0.1) is 11.5 Å². The number of halogens is 3. The number of pyridine rings is 1. The fourth-order valence-corrected chi connectivity index (χ4v) is 3.47. The lowest BCUT2D eigenvalue weighted by Gasteiger charge is -2.34. The van der Waals surface area contributed by atoms with E-state index < -0.39 is 35.4 Å². The van der Waals surface area contributed by atoms with E-state index in [1.807, 2.05) is 0 Å². The number of nitrogens with zero attached hydrogens (tertiary/aromatic N) is 2. The second-order valence-corrected chi connectivity index (χ2v) is 10.4. The summed E-state index contributed by atoms with van der Waals surface area (Å²) in [7, 11) is 0. The molecular weight excluding hydrogens is 439 g/mol. The molecular formula is C23H34F3N3O4. The van der Waals surface area contributed by atoms with Crippen molar-refractivity contribution in [2.24, 2.45) is 11.8 Å². The summed E-state index contributed by atoms with van der Waals surface area (Å²) >= 11 is 0. The molecule has 1 heterocycles. The van der Waals surface area contributed by atoms with E-state index in [0.717, 1.165) is 0 Å². The van der Waals surface area contributed by atoms with E-state index in [1.165, 1.54) is 23.3 Å². The molecule has 1 aromatic rings. The molecule has 1 aliphatic rings. The minimum absolute atomic E-state index is 0.0408. The van der Waals surface area contributed by atoms with Gasteiger partial charge in [-0.25, -0.2) is 19.6 Å². The number of carbonyl (C=O) groups excluding carboxylic acids is 2. The maximum Gasteiger partial charge on any atom is 0.429 e. The van der Waals surface area contributed by atoms with Crippen LogP contribution >= 0.6 is 0 Å². The van der Waals surface area contributed by atoms with Crippen molar-refractivity contribution in [1.29, 1.82) is 0 Å². The van der Waals surface area contributed by atoms with E-state index >= 15 is 0 Å². The molecule has 0 spiro atoms. The predicted molar refractivity (Wildman–Crippen MR) is 117 cm³/mol. The number of aromatic nitrogens is 1. The Hall–Kier alpha value is -2.52. The van der Waals surface area contributed by atoms with E-state index in [-0.39, 0.29) is 36.7 Å². The summed E-state index contributed by atoms with van der Waals surface area (Å²) in [6, 6.07) is 3.04. The van der Waals surface area contributed by atoms with Crippen LogP contribution in [0.3, 0.4) is 0 Å². The highest BCUT2D eigenvalue weighted by molar-refractivity contribution is 5.89. The zero-order chi connectivity index (χ0) is 25.0. The van der Waals surface area contributed by atoms with Gasteiger partial charge in [0.1, 0.15) is 17.0 Å². The van der Waals surface area contributed by atoms with Gasteiger partial charge in [-0.2, -0.15) is 13.2 Å². The van der Waals surface area contributed by atoms with Gasteiger partial charge >= 0.3 is 18.2 Å². The molecule has 0 bridgehead atoms. The van der Waals surface area contributed by atoms with Crippen molar-refractivity contribution in [2.75, 3.05) is 12.0 Å². The first-order valence-corrected chi connectivity index (χ1v) is 11.1. The molecule has 0 radical (unpaired) electrons. The van der Waals surface area contributed by atoms with Crippen molar-refractivity contribution in [3.05, 3.63) is 23.9 Å². The molecule has 1 saturated carbocycles. The molecule has 0 atom stereocenters. The average Bonchev–Trinajstić information content (AvgIpc) is 2.65. The van der Waals surface area contributed by atoms with E-state index in [2.05, 4.69) is 10.4 Å². The number of hydrogen-bond donors (Lipinski definition) is 1. The highest BCUT2D eigenvalue weighted by atomic mass is 19.4.